The molecule has 0 N–H and O–H groups in total. The summed E-state index contributed by atoms with van der Waals surface area (Å²) in [4.78, 5) is 19.7. The van der Waals surface area contributed by atoms with Gasteiger partial charge in [-0.1, -0.05) is 18.2 Å². The molecule has 1 aliphatic carbocycles. The molecule has 2 atom stereocenters. The predicted octanol–water partition coefficient (Wildman–Crippen LogP) is 3.93. The van der Waals surface area contributed by atoms with Crippen molar-refractivity contribution in [1.29, 1.82) is 0 Å². The van der Waals surface area contributed by atoms with E-state index in [1.807, 2.05) is 18.2 Å². The number of benzene rings is 2. The van der Waals surface area contributed by atoms with E-state index in [0.29, 0.717) is 31.5 Å². The Morgan fingerprint density at radius 3 is 2.70 bits per heavy atom. The number of pyridine rings is 1. The van der Waals surface area contributed by atoms with E-state index in [0.717, 1.165) is 16.8 Å². The lowest BCUT2D eigenvalue weighted by Crippen LogP contribution is -2.35. The normalized spacial score (nSPS) is 18.2. The number of halogens is 1. The molecule has 1 amide bonds. The van der Waals surface area contributed by atoms with E-state index in [4.69, 9.17) is 0 Å². The van der Waals surface area contributed by atoms with Crippen molar-refractivity contribution in [2.24, 2.45) is 5.92 Å². The molecule has 3 aromatic rings. The number of hydrogen-bond donors (Lipinski definition) is 0. The molecule has 0 saturated carbocycles. The van der Waals surface area contributed by atoms with Gasteiger partial charge in [0.1, 0.15) is 5.82 Å². The van der Waals surface area contributed by atoms with Crippen LogP contribution in [0.4, 0.5) is 10.1 Å². The molecule has 2 aromatic carbocycles. The zero-order valence-corrected chi connectivity index (χ0v) is 17.4. The number of fused-ring (bicyclic) bond motifs is 2. The molecule has 2 unspecified atom stereocenters. The molecule has 4 nitrogen and oxygen atoms in total. The van der Waals surface area contributed by atoms with Crippen LogP contribution in [0.3, 0.4) is 0 Å². The van der Waals surface area contributed by atoms with Crippen LogP contribution < -0.4 is 4.90 Å². The summed E-state index contributed by atoms with van der Waals surface area (Å²) in [7, 11) is -1.44. The third-order valence-corrected chi connectivity index (χ3v) is 6.99. The first-order valence-electron chi connectivity index (χ1n) is 10.0. The first kappa shape index (κ1) is 19.1. The molecule has 2 aliphatic rings. The largest absolute Gasteiger partial charge is 0.312 e. The molecular weight excluding hydrogens is 399 g/mol. The van der Waals surface area contributed by atoms with Crippen LogP contribution in [-0.2, 0) is 34.9 Å². The van der Waals surface area contributed by atoms with Gasteiger partial charge in [0.05, 0.1) is 21.4 Å². The lowest BCUT2D eigenvalue weighted by Gasteiger charge is -2.21. The summed E-state index contributed by atoms with van der Waals surface area (Å²) in [5.41, 5.74) is 5.87. The molecule has 1 aromatic heterocycles. The standard InChI is InChI=1S/C24H21FN2O2S/c1-30(29)23-14-22-17(13-20(23)25)7-9-27(22)24(28)19-10-15-5-6-16(11-18(15)12-19)21-4-2-3-8-26-21/h2-6,8,11,13-14,19H,7,9-10,12H2,1H3. The van der Waals surface area contributed by atoms with Gasteiger partial charge >= 0.3 is 0 Å². The Bertz CT molecular complexity index is 1180. The Kier molecular flexibility index (Phi) is 4.74. The van der Waals surface area contributed by atoms with Crippen LogP contribution in [0, 0.1) is 11.7 Å². The number of amides is 1. The summed E-state index contributed by atoms with van der Waals surface area (Å²) in [5, 5.41) is 0. The number of carbonyl (C=O) groups excluding carboxylic acids is 1. The third-order valence-electron chi connectivity index (χ3n) is 6.05. The zero-order valence-electron chi connectivity index (χ0n) is 16.6. The molecule has 0 spiro atoms. The average molecular weight is 421 g/mol. The Morgan fingerprint density at radius 2 is 1.93 bits per heavy atom. The molecular formula is C24H21FN2O2S. The van der Waals surface area contributed by atoms with Crippen molar-refractivity contribution in [3.63, 3.8) is 0 Å². The Balaban J connectivity index is 1.40. The minimum Gasteiger partial charge on any atom is -0.312 e. The highest BCUT2D eigenvalue weighted by molar-refractivity contribution is 7.84. The van der Waals surface area contributed by atoms with E-state index in [9.17, 15) is 13.4 Å². The lowest BCUT2D eigenvalue weighted by molar-refractivity contribution is -0.122. The van der Waals surface area contributed by atoms with Crippen LogP contribution in [0.15, 0.2) is 59.6 Å². The minimum atomic E-state index is -1.44. The second kappa shape index (κ2) is 7.43. The van der Waals surface area contributed by atoms with Gasteiger partial charge in [-0.15, -0.1) is 0 Å². The highest BCUT2D eigenvalue weighted by atomic mass is 32.2. The molecule has 0 saturated heterocycles. The monoisotopic (exact) mass is 420 g/mol. The number of nitrogens with zero attached hydrogens (tertiary/aromatic N) is 2. The quantitative estimate of drug-likeness (QED) is 0.645. The first-order valence-corrected chi connectivity index (χ1v) is 11.6. The fraction of sp³-hybridized carbons (Fsp3) is 0.250. The summed E-state index contributed by atoms with van der Waals surface area (Å²) < 4.78 is 26.0. The van der Waals surface area contributed by atoms with E-state index < -0.39 is 16.6 Å². The molecule has 0 bridgehead atoms. The molecule has 5 rings (SSSR count). The number of hydrogen-bond acceptors (Lipinski definition) is 3. The van der Waals surface area contributed by atoms with Crippen molar-refractivity contribution in [1.82, 2.24) is 4.98 Å². The topological polar surface area (TPSA) is 50.3 Å². The first-order chi connectivity index (χ1) is 14.5. The van der Waals surface area contributed by atoms with E-state index in [1.165, 1.54) is 23.4 Å². The summed E-state index contributed by atoms with van der Waals surface area (Å²) in [6.45, 7) is 0.541. The molecule has 30 heavy (non-hydrogen) atoms. The van der Waals surface area contributed by atoms with Gasteiger partial charge in [0.25, 0.3) is 0 Å². The fourth-order valence-corrected chi connectivity index (χ4v) is 5.15. The Morgan fingerprint density at radius 1 is 1.10 bits per heavy atom. The van der Waals surface area contributed by atoms with Crippen molar-refractivity contribution in [3.8, 4) is 11.3 Å². The molecule has 0 radical (unpaired) electrons. The SMILES string of the molecule is CS(=O)c1cc2c(cc1F)CCN2C(=O)C1Cc2ccc(-c3ccccn3)cc2C1. The molecule has 6 heteroatoms. The summed E-state index contributed by atoms with van der Waals surface area (Å²) >= 11 is 0. The van der Waals surface area contributed by atoms with Gasteiger partial charge in [-0.05, 0) is 66.3 Å². The summed E-state index contributed by atoms with van der Waals surface area (Å²) in [6.07, 6.45) is 5.25. The van der Waals surface area contributed by atoms with Gasteiger partial charge < -0.3 is 4.90 Å². The van der Waals surface area contributed by atoms with Crippen molar-refractivity contribution in [3.05, 3.63) is 77.2 Å². The van der Waals surface area contributed by atoms with Gasteiger partial charge in [-0.2, -0.15) is 0 Å². The molecule has 152 valence electrons. The van der Waals surface area contributed by atoms with Crippen LogP contribution in [0.25, 0.3) is 11.3 Å². The average Bonchev–Trinajstić information content (AvgIpc) is 3.36. The maximum absolute atomic E-state index is 14.2. The number of carbonyl (C=O) groups is 1. The van der Waals surface area contributed by atoms with Crippen molar-refractivity contribution < 1.29 is 13.4 Å². The fourth-order valence-electron chi connectivity index (χ4n) is 4.54. The lowest BCUT2D eigenvalue weighted by atomic mass is 10.0. The van der Waals surface area contributed by atoms with Gasteiger partial charge in [0, 0.05) is 36.2 Å². The summed E-state index contributed by atoms with van der Waals surface area (Å²) in [6, 6.07) is 15.2. The van der Waals surface area contributed by atoms with Gasteiger partial charge in [0.2, 0.25) is 5.91 Å². The molecule has 0 fully saturated rings. The second-order valence-electron chi connectivity index (χ2n) is 7.91. The van der Waals surface area contributed by atoms with Gasteiger partial charge in [-0.25, -0.2) is 4.39 Å². The van der Waals surface area contributed by atoms with E-state index >= 15 is 0 Å². The van der Waals surface area contributed by atoms with Crippen LogP contribution >= 0.6 is 0 Å². The Hall–Kier alpha value is -2.86. The van der Waals surface area contributed by atoms with Crippen molar-refractivity contribution >= 4 is 22.4 Å². The van der Waals surface area contributed by atoms with Crippen LogP contribution in [0.2, 0.25) is 0 Å². The highest BCUT2D eigenvalue weighted by Crippen LogP contribution is 2.36. The number of aromatic nitrogens is 1. The smallest absolute Gasteiger partial charge is 0.230 e. The maximum atomic E-state index is 14.2. The third kappa shape index (κ3) is 3.25. The minimum absolute atomic E-state index is 0.0591. The summed E-state index contributed by atoms with van der Waals surface area (Å²) in [5.74, 6) is -0.534. The predicted molar refractivity (Wildman–Crippen MR) is 115 cm³/mol. The maximum Gasteiger partial charge on any atom is 0.230 e. The van der Waals surface area contributed by atoms with E-state index in [-0.39, 0.29) is 16.7 Å². The van der Waals surface area contributed by atoms with Crippen LogP contribution in [-0.4, -0.2) is 27.9 Å². The van der Waals surface area contributed by atoms with Gasteiger partial charge in [-0.3, -0.25) is 14.0 Å². The second-order valence-corrected chi connectivity index (χ2v) is 9.26. The molecule has 2 heterocycles. The van der Waals surface area contributed by atoms with Crippen molar-refractivity contribution in [2.75, 3.05) is 17.7 Å². The zero-order chi connectivity index (χ0) is 20.8. The van der Waals surface area contributed by atoms with Crippen LogP contribution in [0.5, 0.6) is 0 Å². The highest BCUT2D eigenvalue weighted by Gasteiger charge is 2.35. The number of rotatable bonds is 3. The van der Waals surface area contributed by atoms with Crippen molar-refractivity contribution in [2.45, 2.75) is 24.2 Å². The van der Waals surface area contributed by atoms with E-state index in [2.05, 4.69) is 23.2 Å². The molecule has 1 aliphatic heterocycles. The van der Waals surface area contributed by atoms with Gasteiger partial charge in [0.15, 0.2) is 0 Å². The van der Waals surface area contributed by atoms with E-state index in [1.54, 1.807) is 17.2 Å². The Labute approximate surface area is 177 Å². The number of anilines is 1. The van der Waals surface area contributed by atoms with Crippen LogP contribution in [0.1, 0.15) is 16.7 Å².